The van der Waals surface area contributed by atoms with Crippen LogP contribution in [0.1, 0.15) is 12.0 Å². The fraction of sp³-hybridized carbons (Fsp3) is 0.261. The van der Waals surface area contributed by atoms with Gasteiger partial charge in [-0.3, -0.25) is 0 Å². The van der Waals surface area contributed by atoms with E-state index >= 15 is 0 Å². The van der Waals surface area contributed by atoms with Gasteiger partial charge in [-0.15, -0.1) is 0 Å². The van der Waals surface area contributed by atoms with E-state index in [1.807, 2.05) is 30.3 Å². The van der Waals surface area contributed by atoms with Gasteiger partial charge in [-0.25, -0.2) is 4.98 Å². The normalized spacial score (nSPS) is 11.6. The predicted molar refractivity (Wildman–Crippen MR) is 110 cm³/mol. The molecule has 0 atom stereocenters. The zero-order valence-electron chi connectivity index (χ0n) is 16.0. The molecular formula is C23H24N2O2. The van der Waals surface area contributed by atoms with Gasteiger partial charge in [0.15, 0.2) is 5.58 Å². The molecule has 0 radical (unpaired) electrons. The Morgan fingerprint density at radius 3 is 2.56 bits per heavy atom. The number of nitrogens with zero attached hydrogens (tertiary/aromatic N) is 2. The molecule has 4 rings (SSSR count). The van der Waals surface area contributed by atoms with Gasteiger partial charge in [0.25, 0.3) is 0 Å². The van der Waals surface area contributed by atoms with Crippen LogP contribution >= 0.6 is 0 Å². The molecule has 3 aromatic carbocycles. The van der Waals surface area contributed by atoms with Crippen LogP contribution in [0, 0.1) is 6.92 Å². The van der Waals surface area contributed by atoms with Crippen LogP contribution < -0.4 is 4.74 Å². The Labute approximate surface area is 159 Å². The summed E-state index contributed by atoms with van der Waals surface area (Å²) in [6.07, 6.45) is 0.964. The predicted octanol–water partition coefficient (Wildman–Crippen LogP) is 5.29. The van der Waals surface area contributed by atoms with Crippen LogP contribution in [0.15, 0.2) is 59.0 Å². The fourth-order valence-electron chi connectivity index (χ4n) is 3.22. The summed E-state index contributed by atoms with van der Waals surface area (Å²) in [6.45, 7) is 3.70. The van der Waals surface area contributed by atoms with Crippen LogP contribution in [0.2, 0.25) is 0 Å². The smallest absolute Gasteiger partial charge is 0.231 e. The monoisotopic (exact) mass is 360 g/mol. The number of fused-ring (bicyclic) bond motifs is 2. The molecule has 0 saturated carbocycles. The van der Waals surface area contributed by atoms with Crippen molar-refractivity contribution in [1.82, 2.24) is 9.88 Å². The third-order valence-corrected chi connectivity index (χ3v) is 4.63. The molecule has 138 valence electrons. The van der Waals surface area contributed by atoms with E-state index in [0.717, 1.165) is 51.7 Å². The summed E-state index contributed by atoms with van der Waals surface area (Å²) in [5, 5.41) is 2.29. The summed E-state index contributed by atoms with van der Waals surface area (Å²) < 4.78 is 12.2. The maximum absolute atomic E-state index is 6.14. The van der Waals surface area contributed by atoms with E-state index in [0.29, 0.717) is 12.5 Å². The Morgan fingerprint density at radius 1 is 1.00 bits per heavy atom. The van der Waals surface area contributed by atoms with Gasteiger partial charge in [-0.1, -0.05) is 30.3 Å². The van der Waals surface area contributed by atoms with Crippen LogP contribution in [-0.2, 0) is 0 Å². The number of oxazole rings is 1. The van der Waals surface area contributed by atoms with Gasteiger partial charge in [0.2, 0.25) is 5.89 Å². The van der Waals surface area contributed by atoms with Crippen molar-refractivity contribution >= 4 is 21.9 Å². The Balaban J connectivity index is 1.74. The maximum atomic E-state index is 6.14. The lowest BCUT2D eigenvalue weighted by Crippen LogP contribution is -2.15. The molecule has 0 amide bonds. The van der Waals surface area contributed by atoms with Crippen molar-refractivity contribution < 1.29 is 9.15 Å². The molecule has 4 nitrogen and oxygen atoms in total. The van der Waals surface area contributed by atoms with Gasteiger partial charge in [0.1, 0.15) is 11.3 Å². The van der Waals surface area contributed by atoms with Crippen LogP contribution in [0.25, 0.3) is 33.3 Å². The van der Waals surface area contributed by atoms with Gasteiger partial charge in [0.05, 0.1) is 12.2 Å². The molecular weight excluding hydrogens is 336 g/mol. The SMILES string of the molecule is Cc1ccc2nc(-c3cc4ccccc4cc3OCCCN(C)C)oc2c1. The fourth-order valence-corrected chi connectivity index (χ4v) is 3.22. The third kappa shape index (κ3) is 3.81. The van der Waals surface area contributed by atoms with Crippen molar-refractivity contribution in [2.45, 2.75) is 13.3 Å². The first-order valence-electron chi connectivity index (χ1n) is 9.28. The van der Waals surface area contributed by atoms with Crippen molar-refractivity contribution in [2.24, 2.45) is 0 Å². The first-order valence-corrected chi connectivity index (χ1v) is 9.28. The number of aryl methyl sites for hydroxylation is 1. The number of rotatable bonds is 6. The van der Waals surface area contributed by atoms with Crippen molar-refractivity contribution in [3.05, 3.63) is 60.2 Å². The molecule has 0 aliphatic rings. The quantitative estimate of drug-likeness (QED) is 0.438. The van der Waals surface area contributed by atoms with E-state index in [-0.39, 0.29) is 0 Å². The second-order valence-corrected chi connectivity index (χ2v) is 7.19. The van der Waals surface area contributed by atoms with Gasteiger partial charge in [-0.2, -0.15) is 0 Å². The third-order valence-electron chi connectivity index (χ3n) is 4.63. The van der Waals surface area contributed by atoms with Gasteiger partial charge in [0, 0.05) is 6.54 Å². The second-order valence-electron chi connectivity index (χ2n) is 7.19. The number of aromatic nitrogens is 1. The molecule has 27 heavy (non-hydrogen) atoms. The minimum absolute atomic E-state index is 0.601. The van der Waals surface area contributed by atoms with Crippen LogP contribution in [0.5, 0.6) is 5.75 Å². The highest BCUT2D eigenvalue weighted by molar-refractivity contribution is 5.90. The summed E-state index contributed by atoms with van der Waals surface area (Å²) in [6, 6.07) is 18.5. The van der Waals surface area contributed by atoms with Crippen LogP contribution in [-0.4, -0.2) is 37.1 Å². The summed E-state index contributed by atoms with van der Waals surface area (Å²) in [4.78, 5) is 6.85. The number of hydrogen-bond donors (Lipinski definition) is 0. The van der Waals surface area contributed by atoms with E-state index in [9.17, 15) is 0 Å². The lowest BCUT2D eigenvalue weighted by atomic mass is 10.1. The molecule has 0 fully saturated rings. The molecule has 0 bridgehead atoms. The Hall–Kier alpha value is -2.85. The molecule has 0 saturated heterocycles. The maximum Gasteiger partial charge on any atom is 0.231 e. The largest absolute Gasteiger partial charge is 0.493 e. The van der Waals surface area contributed by atoms with E-state index in [1.165, 1.54) is 0 Å². The molecule has 0 aliphatic carbocycles. The lowest BCUT2D eigenvalue weighted by molar-refractivity contribution is 0.282. The number of hydrogen-bond acceptors (Lipinski definition) is 4. The van der Waals surface area contributed by atoms with Crippen LogP contribution in [0.3, 0.4) is 0 Å². The highest BCUT2D eigenvalue weighted by Crippen LogP contribution is 2.35. The van der Waals surface area contributed by atoms with Crippen molar-refractivity contribution in [3.8, 4) is 17.2 Å². The van der Waals surface area contributed by atoms with Crippen molar-refractivity contribution in [1.29, 1.82) is 0 Å². The zero-order chi connectivity index (χ0) is 18.8. The highest BCUT2D eigenvalue weighted by atomic mass is 16.5. The van der Waals surface area contributed by atoms with E-state index < -0.39 is 0 Å². The van der Waals surface area contributed by atoms with E-state index in [4.69, 9.17) is 14.1 Å². The zero-order valence-corrected chi connectivity index (χ0v) is 16.0. The Kier molecular flexibility index (Phi) is 4.82. The molecule has 1 heterocycles. The average Bonchev–Trinajstić information content (AvgIpc) is 3.07. The topological polar surface area (TPSA) is 38.5 Å². The Bertz CT molecular complexity index is 1080. The molecule has 0 spiro atoms. The molecule has 0 N–H and O–H groups in total. The second kappa shape index (κ2) is 7.41. The van der Waals surface area contributed by atoms with E-state index in [2.05, 4.69) is 50.2 Å². The molecule has 4 aromatic rings. The summed E-state index contributed by atoms with van der Waals surface area (Å²) in [7, 11) is 4.14. The van der Waals surface area contributed by atoms with Crippen LogP contribution in [0.4, 0.5) is 0 Å². The summed E-state index contributed by atoms with van der Waals surface area (Å²) in [5.41, 5.74) is 3.72. The molecule has 0 unspecified atom stereocenters. The minimum atomic E-state index is 0.601. The minimum Gasteiger partial charge on any atom is -0.493 e. The molecule has 4 heteroatoms. The first kappa shape index (κ1) is 17.6. The van der Waals surface area contributed by atoms with Crippen molar-refractivity contribution in [2.75, 3.05) is 27.2 Å². The molecule has 1 aromatic heterocycles. The summed E-state index contributed by atoms with van der Waals surface area (Å²) >= 11 is 0. The first-order chi connectivity index (χ1) is 13.1. The van der Waals surface area contributed by atoms with Gasteiger partial charge < -0.3 is 14.1 Å². The average molecular weight is 360 g/mol. The Morgan fingerprint density at radius 2 is 1.78 bits per heavy atom. The summed E-state index contributed by atoms with van der Waals surface area (Å²) in [5.74, 6) is 1.42. The number of benzene rings is 3. The number of ether oxygens (including phenoxy) is 1. The lowest BCUT2D eigenvalue weighted by Gasteiger charge is -2.13. The molecule has 0 aliphatic heterocycles. The standard InChI is InChI=1S/C23H24N2O2/c1-16-9-10-20-22(13-16)27-23(24-20)19-14-17-7-4-5-8-18(17)15-21(19)26-12-6-11-25(2)3/h4-5,7-10,13-15H,6,11-12H2,1-3H3. The van der Waals surface area contributed by atoms with Gasteiger partial charge in [-0.05, 0) is 68.0 Å². The van der Waals surface area contributed by atoms with E-state index in [1.54, 1.807) is 0 Å². The highest BCUT2D eigenvalue weighted by Gasteiger charge is 2.15. The van der Waals surface area contributed by atoms with Gasteiger partial charge >= 0.3 is 0 Å². The van der Waals surface area contributed by atoms with Crippen molar-refractivity contribution in [3.63, 3.8) is 0 Å².